The number of allylic oxidation sites excluding steroid dienone is 7. The van der Waals surface area contributed by atoms with Crippen LogP contribution in [-0.4, -0.2) is 0 Å². The lowest BCUT2D eigenvalue weighted by Gasteiger charge is -2.24. The highest BCUT2D eigenvalue weighted by Gasteiger charge is 2.32. The molecule has 2 atom stereocenters. The summed E-state index contributed by atoms with van der Waals surface area (Å²) in [6, 6.07) is 16.2. The van der Waals surface area contributed by atoms with Crippen molar-refractivity contribution in [2.24, 2.45) is 5.92 Å². The average molecular weight is 348 g/mol. The molecular formula is C27H24. The molecule has 0 fully saturated rings. The molecule has 0 heterocycles. The van der Waals surface area contributed by atoms with Crippen LogP contribution in [0.25, 0.3) is 17.2 Å². The topological polar surface area (TPSA) is 0 Å². The van der Waals surface area contributed by atoms with E-state index >= 15 is 0 Å². The van der Waals surface area contributed by atoms with Gasteiger partial charge < -0.3 is 0 Å². The van der Waals surface area contributed by atoms with Gasteiger partial charge in [0.1, 0.15) is 0 Å². The first-order valence-electron chi connectivity index (χ1n) is 10.3. The van der Waals surface area contributed by atoms with Gasteiger partial charge in [-0.05, 0) is 77.1 Å². The predicted octanol–water partition coefficient (Wildman–Crippen LogP) is 6.95. The normalized spacial score (nSPS) is 24.8. The van der Waals surface area contributed by atoms with E-state index in [0.29, 0.717) is 11.8 Å². The first-order chi connectivity index (χ1) is 13.3. The van der Waals surface area contributed by atoms with Crippen molar-refractivity contribution in [2.45, 2.75) is 38.5 Å². The van der Waals surface area contributed by atoms with Crippen molar-refractivity contribution in [3.63, 3.8) is 0 Å². The summed E-state index contributed by atoms with van der Waals surface area (Å²) in [5.41, 5.74) is 13.6. The molecule has 0 radical (unpaired) electrons. The molecular weight excluding hydrogens is 324 g/mol. The number of hydrogen-bond acceptors (Lipinski definition) is 0. The van der Waals surface area contributed by atoms with Gasteiger partial charge in [0, 0.05) is 11.8 Å². The summed E-state index contributed by atoms with van der Waals surface area (Å²) in [6.07, 6.45) is 14.3. The van der Waals surface area contributed by atoms with Crippen molar-refractivity contribution in [3.05, 3.63) is 99.7 Å². The van der Waals surface area contributed by atoms with Gasteiger partial charge in [0.15, 0.2) is 0 Å². The zero-order valence-corrected chi connectivity index (χ0v) is 15.8. The van der Waals surface area contributed by atoms with Crippen molar-refractivity contribution in [3.8, 4) is 0 Å². The third-order valence-corrected chi connectivity index (χ3v) is 7.08. The first-order valence-corrected chi connectivity index (χ1v) is 10.3. The Morgan fingerprint density at radius 2 is 1.85 bits per heavy atom. The zero-order valence-electron chi connectivity index (χ0n) is 15.8. The predicted molar refractivity (Wildman–Crippen MR) is 114 cm³/mol. The van der Waals surface area contributed by atoms with Crippen LogP contribution in [0.15, 0.2) is 71.8 Å². The fourth-order valence-electron chi connectivity index (χ4n) is 5.75. The fourth-order valence-corrected chi connectivity index (χ4v) is 5.75. The maximum Gasteiger partial charge on any atom is 0.00578 e. The Labute approximate surface area is 161 Å². The minimum absolute atomic E-state index is 0.550. The molecule has 0 aliphatic heterocycles. The van der Waals surface area contributed by atoms with Crippen LogP contribution in [-0.2, 0) is 6.42 Å². The lowest BCUT2D eigenvalue weighted by Crippen LogP contribution is -2.09. The minimum Gasteiger partial charge on any atom is -0.0770 e. The molecule has 2 aromatic rings. The standard InChI is InChI=1S/C27H24/c1-17-26-15-18-9-11-21-16-20-5-2-3-7-22(20)23(21)14-12-19-6-4-8-25(27(17)19)24(26)13-10-18/h2-8,10,13,15-16,19,23H,9,11-12,14H2,1H3. The van der Waals surface area contributed by atoms with E-state index in [9.17, 15) is 0 Å². The summed E-state index contributed by atoms with van der Waals surface area (Å²) >= 11 is 0. The quantitative estimate of drug-likeness (QED) is 0.483. The van der Waals surface area contributed by atoms with Gasteiger partial charge in [0.2, 0.25) is 0 Å². The van der Waals surface area contributed by atoms with E-state index in [4.69, 9.17) is 0 Å². The van der Waals surface area contributed by atoms with E-state index < -0.39 is 0 Å². The molecule has 0 heteroatoms. The number of aryl methyl sites for hydroxylation is 1. The second-order valence-electron chi connectivity index (χ2n) is 8.47. The van der Waals surface area contributed by atoms with Gasteiger partial charge in [-0.15, -0.1) is 0 Å². The fraction of sp³-hybridized carbons (Fsp3) is 0.259. The molecule has 3 bridgehead atoms. The number of rotatable bonds is 0. The molecule has 27 heavy (non-hydrogen) atoms. The van der Waals surface area contributed by atoms with Gasteiger partial charge in [0.05, 0.1) is 0 Å². The van der Waals surface area contributed by atoms with Crippen LogP contribution in [0.1, 0.15) is 59.9 Å². The summed E-state index contributed by atoms with van der Waals surface area (Å²) < 4.78 is 0. The van der Waals surface area contributed by atoms with Crippen LogP contribution in [0.2, 0.25) is 0 Å². The van der Waals surface area contributed by atoms with Crippen LogP contribution in [0, 0.1) is 5.92 Å². The van der Waals surface area contributed by atoms with Crippen LogP contribution >= 0.6 is 0 Å². The van der Waals surface area contributed by atoms with Crippen LogP contribution < -0.4 is 0 Å². The van der Waals surface area contributed by atoms with E-state index in [1.165, 1.54) is 52.7 Å². The van der Waals surface area contributed by atoms with Gasteiger partial charge in [-0.1, -0.05) is 72.3 Å². The lowest BCUT2D eigenvalue weighted by atomic mass is 9.80. The van der Waals surface area contributed by atoms with Crippen molar-refractivity contribution >= 4 is 17.2 Å². The average Bonchev–Trinajstić information content (AvgIpc) is 3.20. The van der Waals surface area contributed by atoms with E-state index in [1.54, 1.807) is 16.7 Å². The minimum atomic E-state index is 0.550. The number of hydrogen-bond donors (Lipinski definition) is 0. The molecule has 2 aromatic carbocycles. The van der Waals surface area contributed by atoms with Gasteiger partial charge >= 0.3 is 0 Å². The largest absolute Gasteiger partial charge is 0.0770 e. The zero-order chi connectivity index (χ0) is 18.0. The Balaban J connectivity index is 1.49. The molecule has 6 rings (SSSR count). The number of fused-ring (bicyclic) bond motifs is 5. The Bertz CT molecular complexity index is 1090. The summed E-state index contributed by atoms with van der Waals surface area (Å²) in [7, 11) is 0. The molecule has 132 valence electrons. The maximum absolute atomic E-state index is 2.48. The second kappa shape index (κ2) is 5.70. The first kappa shape index (κ1) is 15.5. The van der Waals surface area contributed by atoms with Crippen LogP contribution in [0.3, 0.4) is 0 Å². The summed E-state index contributed by atoms with van der Waals surface area (Å²) in [6.45, 7) is 2.34. The monoisotopic (exact) mass is 348 g/mol. The molecule has 0 spiro atoms. The Hall–Kier alpha value is -2.60. The highest BCUT2D eigenvalue weighted by molar-refractivity contribution is 6.01. The molecule has 2 unspecified atom stereocenters. The summed E-state index contributed by atoms with van der Waals surface area (Å²) in [5, 5.41) is 0. The maximum atomic E-state index is 2.48. The Kier molecular flexibility index (Phi) is 3.26. The smallest absolute Gasteiger partial charge is 0.00578 e. The molecule has 0 amide bonds. The van der Waals surface area contributed by atoms with E-state index in [2.05, 4.69) is 73.7 Å². The van der Waals surface area contributed by atoms with Gasteiger partial charge in [-0.25, -0.2) is 0 Å². The van der Waals surface area contributed by atoms with E-state index in [1.807, 2.05) is 0 Å². The molecule has 0 saturated carbocycles. The summed E-state index contributed by atoms with van der Waals surface area (Å²) in [5.74, 6) is 1.15. The van der Waals surface area contributed by atoms with Gasteiger partial charge in [-0.3, -0.25) is 0 Å². The van der Waals surface area contributed by atoms with Crippen molar-refractivity contribution in [2.75, 3.05) is 0 Å². The van der Waals surface area contributed by atoms with Crippen LogP contribution in [0.4, 0.5) is 0 Å². The number of benzene rings is 2. The molecule has 4 aliphatic rings. The highest BCUT2D eigenvalue weighted by atomic mass is 14.4. The molecule has 0 aromatic heterocycles. The van der Waals surface area contributed by atoms with Crippen molar-refractivity contribution in [1.82, 2.24) is 0 Å². The SMILES string of the molecule is CC1=C2C3=CC=CC2CCC2C(=Cc4ccccc42)CCc2ccc3c1c2. The van der Waals surface area contributed by atoms with Gasteiger partial charge in [0.25, 0.3) is 0 Å². The van der Waals surface area contributed by atoms with E-state index in [-0.39, 0.29) is 0 Å². The van der Waals surface area contributed by atoms with Crippen molar-refractivity contribution in [1.29, 1.82) is 0 Å². The summed E-state index contributed by atoms with van der Waals surface area (Å²) in [4.78, 5) is 0. The molecule has 0 N–H and O–H groups in total. The lowest BCUT2D eigenvalue weighted by molar-refractivity contribution is 0.583. The van der Waals surface area contributed by atoms with Gasteiger partial charge in [-0.2, -0.15) is 0 Å². The van der Waals surface area contributed by atoms with E-state index in [0.717, 1.165) is 6.42 Å². The molecule has 0 nitrogen and oxygen atoms in total. The molecule has 0 saturated heterocycles. The van der Waals surface area contributed by atoms with Crippen molar-refractivity contribution < 1.29 is 0 Å². The van der Waals surface area contributed by atoms with Crippen LogP contribution in [0.5, 0.6) is 0 Å². The highest BCUT2D eigenvalue weighted by Crippen LogP contribution is 2.50. The Morgan fingerprint density at radius 1 is 0.926 bits per heavy atom. The second-order valence-corrected chi connectivity index (χ2v) is 8.47. The molecule has 4 aliphatic carbocycles. The third kappa shape index (κ3) is 2.22. The Morgan fingerprint density at radius 3 is 2.81 bits per heavy atom. The third-order valence-electron chi connectivity index (χ3n) is 7.08.